The molecule has 19 heavy (non-hydrogen) atoms. The minimum Gasteiger partial charge on any atom is -0.481 e. The third-order valence-corrected chi connectivity index (χ3v) is 4.13. The number of benzene rings is 1. The minimum absolute atomic E-state index is 0.0580. The molecule has 0 heterocycles. The van der Waals surface area contributed by atoms with Crippen molar-refractivity contribution in [1.29, 1.82) is 5.26 Å². The number of aryl methyl sites for hydroxylation is 1. The molecular formula is C15H18N2O2. The lowest BCUT2D eigenvalue weighted by molar-refractivity contribution is -0.147. The molecule has 100 valence electrons. The highest BCUT2D eigenvalue weighted by molar-refractivity contribution is 5.76. The van der Waals surface area contributed by atoms with E-state index in [1.54, 1.807) is 13.0 Å². The Hall–Kier alpha value is -2.02. The van der Waals surface area contributed by atoms with Crippen molar-refractivity contribution in [2.45, 2.75) is 39.2 Å². The van der Waals surface area contributed by atoms with E-state index in [1.165, 1.54) is 0 Å². The van der Waals surface area contributed by atoms with Crippen molar-refractivity contribution < 1.29 is 9.90 Å². The number of hydrogen-bond donors (Lipinski definition) is 2. The summed E-state index contributed by atoms with van der Waals surface area (Å²) in [5.74, 6) is -0.743. The molecule has 2 rings (SSSR count). The largest absolute Gasteiger partial charge is 0.481 e. The predicted molar refractivity (Wildman–Crippen MR) is 72.9 cm³/mol. The van der Waals surface area contributed by atoms with E-state index < -0.39 is 11.4 Å². The zero-order valence-corrected chi connectivity index (χ0v) is 11.2. The highest BCUT2D eigenvalue weighted by Crippen LogP contribution is 2.40. The second-order valence-electron chi connectivity index (χ2n) is 5.45. The van der Waals surface area contributed by atoms with Gasteiger partial charge in [0, 0.05) is 11.7 Å². The molecule has 2 atom stereocenters. The maximum atomic E-state index is 11.4. The number of nitrogens with one attached hydrogen (secondary N) is 1. The standard InChI is InChI=1S/C15H18N2O2/c1-10-8-12(6-5-11(10)9-16)17-13-4-3-7-15(13,2)14(18)19/h5-6,8,13,17H,3-4,7H2,1-2H3,(H,18,19). The first-order valence-corrected chi connectivity index (χ1v) is 6.48. The molecule has 0 bridgehead atoms. The van der Waals surface area contributed by atoms with Crippen molar-refractivity contribution in [3.8, 4) is 6.07 Å². The molecule has 0 spiro atoms. The number of anilines is 1. The Morgan fingerprint density at radius 2 is 2.32 bits per heavy atom. The van der Waals surface area contributed by atoms with Gasteiger partial charge in [-0.2, -0.15) is 5.26 Å². The summed E-state index contributed by atoms with van der Waals surface area (Å²) in [6.07, 6.45) is 2.49. The van der Waals surface area contributed by atoms with Gasteiger partial charge in [0.15, 0.2) is 0 Å². The van der Waals surface area contributed by atoms with Crippen LogP contribution in [-0.2, 0) is 4.79 Å². The Kier molecular flexibility index (Phi) is 3.48. The molecule has 1 aromatic rings. The fourth-order valence-electron chi connectivity index (χ4n) is 2.73. The molecule has 0 saturated heterocycles. The van der Waals surface area contributed by atoms with E-state index in [9.17, 15) is 9.90 Å². The quantitative estimate of drug-likeness (QED) is 0.874. The van der Waals surface area contributed by atoms with Crippen molar-refractivity contribution in [3.63, 3.8) is 0 Å². The van der Waals surface area contributed by atoms with Crippen molar-refractivity contribution in [2.24, 2.45) is 5.41 Å². The average Bonchev–Trinajstić information content (AvgIpc) is 2.73. The van der Waals surface area contributed by atoms with Gasteiger partial charge in [-0.15, -0.1) is 0 Å². The summed E-state index contributed by atoms with van der Waals surface area (Å²) in [4.78, 5) is 11.4. The smallest absolute Gasteiger partial charge is 0.311 e. The highest BCUT2D eigenvalue weighted by Gasteiger charge is 2.45. The Labute approximate surface area is 113 Å². The summed E-state index contributed by atoms with van der Waals surface area (Å²) in [5, 5.41) is 21.6. The molecule has 4 heteroatoms. The molecule has 1 aromatic carbocycles. The van der Waals surface area contributed by atoms with E-state index in [4.69, 9.17) is 5.26 Å². The van der Waals surface area contributed by atoms with Gasteiger partial charge in [-0.05, 0) is 50.5 Å². The number of hydrogen-bond acceptors (Lipinski definition) is 3. The van der Waals surface area contributed by atoms with Crippen LogP contribution < -0.4 is 5.32 Å². The Bertz CT molecular complexity index is 548. The molecule has 1 saturated carbocycles. The van der Waals surface area contributed by atoms with Gasteiger partial charge >= 0.3 is 5.97 Å². The Balaban J connectivity index is 2.20. The van der Waals surface area contributed by atoms with Crippen LogP contribution in [0.5, 0.6) is 0 Å². The fraction of sp³-hybridized carbons (Fsp3) is 0.467. The number of rotatable bonds is 3. The van der Waals surface area contributed by atoms with Crippen LogP contribution >= 0.6 is 0 Å². The van der Waals surface area contributed by atoms with Crippen molar-refractivity contribution in [2.75, 3.05) is 5.32 Å². The molecule has 0 aromatic heterocycles. The SMILES string of the molecule is Cc1cc(NC2CCCC2(C)C(=O)O)ccc1C#N. The van der Waals surface area contributed by atoms with Crippen LogP contribution in [-0.4, -0.2) is 17.1 Å². The number of aliphatic carboxylic acids is 1. The van der Waals surface area contributed by atoms with E-state index >= 15 is 0 Å². The summed E-state index contributed by atoms with van der Waals surface area (Å²) in [6, 6.07) is 7.58. The topological polar surface area (TPSA) is 73.1 Å². The second-order valence-corrected chi connectivity index (χ2v) is 5.45. The molecule has 2 N–H and O–H groups in total. The number of carbonyl (C=O) groups is 1. The molecule has 2 unspecified atom stereocenters. The molecule has 1 fully saturated rings. The zero-order valence-electron chi connectivity index (χ0n) is 11.2. The van der Waals surface area contributed by atoms with Crippen LogP contribution in [0.2, 0.25) is 0 Å². The number of nitriles is 1. The fourth-order valence-corrected chi connectivity index (χ4v) is 2.73. The third-order valence-electron chi connectivity index (χ3n) is 4.13. The Morgan fingerprint density at radius 1 is 1.58 bits per heavy atom. The van der Waals surface area contributed by atoms with Crippen LogP contribution in [0.1, 0.15) is 37.3 Å². The molecule has 4 nitrogen and oxygen atoms in total. The van der Waals surface area contributed by atoms with E-state index in [0.29, 0.717) is 12.0 Å². The molecule has 1 aliphatic rings. The minimum atomic E-state index is -0.743. The van der Waals surface area contributed by atoms with Gasteiger partial charge in [-0.1, -0.05) is 6.42 Å². The number of carboxylic acids is 1. The second kappa shape index (κ2) is 4.93. The van der Waals surface area contributed by atoms with Gasteiger partial charge in [0.2, 0.25) is 0 Å². The lowest BCUT2D eigenvalue weighted by atomic mass is 9.84. The summed E-state index contributed by atoms with van der Waals surface area (Å²) in [7, 11) is 0. The molecule has 1 aliphatic carbocycles. The van der Waals surface area contributed by atoms with Gasteiger partial charge in [0.05, 0.1) is 17.0 Å². The molecular weight excluding hydrogens is 240 g/mol. The summed E-state index contributed by atoms with van der Waals surface area (Å²) in [6.45, 7) is 3.69. The lowest BCUT2D eigenvalue weighted by Crippen LogP contribution is -2.40. The predicted octanol–water partition coefficient (Wildman–Crippen LogP) is 2.92. The summed E-state index contributed by atoms with van der Waals surface area (Å²) >= 11 is 0. The number of nitrogens with zero attached hydrogens (tertiary/aromatic N) is 1. The van der Waals surface area contributed by atoms with Crippen LogP contribution in [0, 0.1) is 23.7 Å². The van der Waals surface area contributed by atoms with Crippen LogP contribution in [0.15, 0.2) is 18.2 Å². The van der Waals surface area contributed by atoms with Crippen molar-refractivity contribution in [1.82, 2.24) is 0 Å². The van der Waals surface area contributed by atoms with Gasteiger partial charge in [-0.25, -0.2) is 0 Å². The highest BCUT2D eigenvalue weighted by atomic mass is 16.4. The number of carboxylic acid groups (broad SMARTS) is 1. The van der Waals surface area contributed by atoms with E-state index in [2.05, 4.69) is 11.4 Å². The summed E-state index contributed by atoms with van der Waals surface area (Å²) in [5.41, 5.74) is 1.73. The lowest BCUT2D eigenvalue weighted by Gasteiger charge is -2.28. The van der Waals surface area contributed by atoms with E-state index in [-0.39, 0.29) is 6.04 Å². The first-order chi connectivity index (χ1) is 8.97. The maximum Gasteiger partial charge on any atom is 0.311 e. The normalized spacial score (nSPS) is 25.8. The van der Waals surface area contributed by atoms with Crippen LogP contribution in [0.4, 0.5) is 5.69 Å². The summed E-state index contributed by atoms with van der Waals surface area (Å²) < 4.78 is 0. The van der Waals surface area contributed by atoms with Crippen LogP contribution in [0.3, 0.4) is 0 Å². The first kappa shape index (κ1) is 13.4. The van der Waals surface area contributed by atoms with Crippen molar-refractivity contribution in [3.05, 3.63) is 29.3 Å². The molecule has 0 amide bonds. The maximum absolute atomic E-state index is 11.4. The van der Waals surface area contributed by atoms with Gasteiger partial charge in [-0.3, -0.25) is 4.79 Å². The van der Waals surface area contributed by atoms with E-state index in [0.717, 1.165) is 24.1 Å². The van der Waals surface area contributed by atoms with Crippen molar-refractivity contribution >= 4 is 11.7 Å². The third kappa shape index (κ3) is 2.41. The van der Waals surface area contributed by atoms with Gasteiger partial charge in [0.25, 0.3) is 0 Å². The van der Waals surface area contributed by atoms with Crippen LogP contribution in [0.25, 0.3) is 0 Å². The molecule has 0 aliphatic heterocycles. The Morgan fingerprint density at radius 3 is 2.89 bits per heavy atom. The zero-order chi connectivity index (χ0) is 14.0. The monoisotopic (exact) mass is 258 g/mol. The van der Waals surface area contributed by atoms with E-state index in [1.807, 2.05) is 19.1 Å². The first-order valence-electron chi connectivity index (χ1n) is 6.48. The van der Waals surface area contributed by atoms with Gasteiger partial charge in [0.1, 0.15) is 0 Å². The van der Waals surface area contributed by atoms with Gasteiger partial charge < -0.3 is 10.4 Å². The molecule has 0 radical (unpaired) electrons. The average molecular weight is 258 g/mol.